The van der Waals surface area contributed by atoms with Crippen molar-refractivity contribution in [1.29, 1.82) is 0 Å². The molecule has 3 rings (SSSR count). The maximum Gasteiger partial charge on any atom is 0.416 e. The Morgan fingerprint density at radius 2 is 1.65 bits per heavy atom. The van der Waals surface area contributed by atoms with Gasteiger partial charge in [-0.05, 0) is 29.8 Å². The van der Waals surface area contributed by atoms with E-state index < -0.39 is 11.7 Å². The van der Waals surface area contributed by atoms with Crippen molar-refractivity contribution >= 4 is 46.4 Å². The summed E-state index contributed by atoms with van der Waals surface area (Å²) in [5, 5.41) is 3.15. The zero-order valence-corrected chi connectivity index (χ0v) is 12.9. The summed E-state index contributed by atoms with van der Waals surface area (Å²) in [6.07, 6.45) is -2.89. The van der Waals surface area contributed by atoms with Gasteiger partial charge in [0, 0.05) is 11.1 Å². The predicted molar refractivity (Wildman–Crippen MR) is 84.4 cm³/mol. The Bertz CT molecular complexity index is 826. The van der Waals surface area contributed by atoms with Gasteiger partial charge in [0.1, 0.15) is 0 Å². The van der Waals surface area contributed by atoms with Gasteiger partial charge in [0.25, 0.3) is 5.91 Å². The molecule has 1 amide bonds. The number of amides is 1. The van der Waals surface area contributed by atoms with E-state index >= 15 is 0 Å². The molecule has 7 heteroatoms. The molecule has 2 aromatic rings. The van der Waals surface area contributed by atoms with Crippen LogP contribution in [0.1, 0.15) is 16.7 Å². The average Bonchev–Trinajstić information content (AvgIpc) is 2.80. The first-order valence-electron chi connectivity index (χ1n) is 6.46. The van der Waals surface area contributed by atoms with Crippen LogP contribution in [0.25, 0.3) is 11.6 Å². The molecule has 0 aromatic heterocycles. The molecular weight excluding hydrogens is 350 g/mol. The van der Waals surface area contributed by atoms with E-state index in [0.29, 0.717) is 27.4 Å². The molecule has 0 fully saturated rings. The van der Waals surface area contributed by atoms with Gasteiger partial charge in [-0.3, -0.25) is 4.79 Å². The number of carbonyl (C=O) groups is 1. The van der Waals surface area contributed by atoms with E-state index in [1.165, 1.54) is 18.2 Å². The fraction of sp³-hybridized carbons (Fsp3) is 0.0625. The summed E-state index contributed by atoms with van der Waals surface area (Å²) < 4.78 is 37.7. The summed E-state index contributed by atoms with van der Waals surface area (Å²) >= 11 is 11.9. The second-order valence-electron chi connectivity index (χ2n) is 4.92. The van der Waals surface area contributed by atoms with Crippen LogP contribution >= 0.6 is 23.2 Å². The molecule has 0 saturated heterocycles. The molecule has 0 spiro atoms. The Morgan fingerprint density at radius 1 is 1.00 bits per heavy atom. The molecule has 0 bridgehead atoms. The van der Waals surface area contributed by atoms with Gasteiger partial charge in [0.2, 0.25) is 0 Å². The van der Waals surface area contributed by atoms with Crippen molar-refractivity contribution in [2.24, 2.45) is 0 Å². The molecule has 118 valence electrons. The number of rotatable bonds is 1. The molecule has 0 unspecified atom stereocenters. The van der Waals surface area contributed by atoms with Crippen LogP contribution in [0, 0.1) is 0 Å². The van der Waals surface area contributed by atoms with Crippen LogP contribution in [0.4, 0.5) is 18.9 Å². The molecule has 1 aliphatic heterocycles. The van der Waals surface area contributed by atoms with Crippen molar-refractivity contribution in [2.75, 3.05) is 5.32 Å². The fourth-order valence-electron chi connectivity index (χ4n) is 2.28. The third-order valence-corrected chi connectivity index (χ3v) is 4.22. The van der Waals surface area contributed by atoms with Crippen LogP contribution in [-0.2, 0) is 11.0 Å². The molecule has 2 nitrogen and oxygen atoms in total. The van der Waals surface area contributed by atoms with Crippen molar-refractivity contribution in [3.63, 3.8) is 0 Å². The quantitative estimate of drug-likeness (QED) is 0.670. The van der Waals surface area contributed by atoms with Crippen LogP contribution < -0.4 is 5.32 Å². The Balaban J connectivity index is 2.02. The Morgan fingerprint density at radius 3 is 2.26 bits per heavy atom. The highest BCUT2D eigenvalue weighted by Gasteiger charge is 2.30. The topological polar surface area (TPSA) is 29.1 Å². The number of anilines is 1. The second-order valence-corrected chi connectivity index (χ2v) is 5.70. The van der Waals surface area contributed by atoms with Crippen LogP contribution in [-0.4, -0.2) is 5.91 Å². The van der Waals surface area contributed by atoms with Gasteiger partial charge in [-0.25, -0.2) is 0 Å². The number of halogens is 5. The van der Waals surface area contributed by atoms with Crippen molar-refractivity contribution in [2.45, 2.75) is 6.18 Å². The number of hydrogen-bond donors (Lipinski definition) is 1. The van der Waals surface area contributed by atoms with Crippen LogP contribution in [0.5, 0.6) is 0 Å². The van der Waals surface area contributed by atoms with Crippen molar-refractivity contribution < 1.29 is 18.0 Å². The zero-order valence-electron chi connectivity index (χ0n) is 11.3. The largest absolute Gasteiger partial charge is 0.416 e. The zero-order chi connectivity index (χ0) is 16.8. The number of alkyl halides is 3. The monoisotopic (exact) mass is 357 g/mol. The molecule has 1 aliphatic rings. The van der Waals surface area contributed by atoms with Crippen LogP contribution in [0.3, 0.4) is 0 Å². The van der Waals surface area contributed by atoms with Gasteiger partial charge < -0.3 is 5.32 Å². The summed E-state index contributed by atoms with van der Waals surface area (Å²) in [5.74, 6) is -0.385. The standard InChI is InChI=1S/C16H8Cl2F3NO/c17-12-6-5-10-11(15(23)22-14(10)13(12)18)7-8-1-3-9(4-2-8)16(19,20)21/h1-7H,(H,22,23)/b11-7+. The second kappa shape index (κ2) is 5.58. The minimum Gasteiger partial charge on any atom is -0.320 e. The Kier molecular flexibility index (Phi) is 3.86. The molecule has 0 aliphatic carbocycles. The number of hydrogen-bond acceptors (Lipinski definition) is 1. The smallest absolute Gasteiger partial charge is 0.320 e. The van der Waals surface area contributed by atoms with E-state index in [-0.39, 0.29) is 10.9 Å². The van der Waals surface area contributed by atoms with Gasteiger partial charge in [-0.2, -0.15) is 13.2 Å². The lowest BCUT2D eigenvalue weighted by Crippen LogP contribution is -2.05. The van der Waals surface area contributed by atoms with E-state index in [4.69, 9.17) is 23.2 Å². The van der Waals surface area contributed by atoms with E-state index in [0.717, 1.165) is 12.1 Å². The van der Waals surface area contributed by atoms with Gasteiger partial charge in [0.15, 0.2) is 0 Å². The number of benzene rings is 2. The first kappa shape index (κ1) is 15.9. The number of carbonyl (C=O) groups excluding carboxylic acids is 1. The normalized spacial score (nSPS) is 15.7. The average molecular weight is 358 g/mol. The Labute approximate surface area is 139 Å². The Hall–Kier alpha value is -1.98. The van der Waals surface area contributed by atoms with Gasteiger partial charge in [-0.1, -0.05) is 41.4 Å². The third-order valence-electron chi connectivity index (χ3n) is 3.42. The lowest BCUT2D eigenvalue weighted by atomic mass is 10.0. The summed E-state index contributed by atoms with van der Waals surface area (Å²) in [6, 6.07) is 7.74. The van der Waals surface area contributed by atoms with Crippen molar-refractivity contribution in [1.82, 2.24) is 0 Å². The summed E-state index contributed by atoms with van der Waals surface area (Å²) in [4.78, 5) is 12.1. The molecule has 0 atom stereocenters. The predicted octanol–water partition coefficient (Wildman–Crippen LogP) is 5.50. The van der Waals surface area contributed by atoms with Crippen molar-refractivity contribution in [3.8, 4) is 0 Å². The highest BCUT2D eigenvalue weighted by molar-refractivity contribution is 6.47. The lowest BCUT2D eigenvalue weighted by molar-refractivity contribution is -0.137. The molecule has 0 saturated carbocycles. The van der Waals surface area contributed by atoms with E-state index in [2.05, 4.69) is 5.32 Å². The van der Waals surface area contributed by atoms with Crippen LogP contribution in [0.15, 0.2) is 36.4 Å². The van der Waals surface area contributed by atoms with Gasteiger partial charge in [-0.15, -0.1) is 0 Å². The fourth-order valence-corrected chi connectivity index (χ4v) is 2.65. The van der Waals surface area contributed by atoms with Crippen LogP contribution in [0.2, 0.25) is 10.0 Å². The molecule has 23 heavy (non-hydrogen) atoms. The minimum atomic E-state index is -4.40. The SMILES string of the molecule is O=C1Nc2c(ccc(Cl)c2Cl)/C1=C\c1ccc(C(F)(F)F)cc1. The number of nitrogens with one attached hydrogen (secondary N) is 1. The molecule has 2 aromatic carbocycles. The highest BCUT2D eigenvalue weighted by Crippen LogP contribution is 2.41. The lowest BCUT2D eigenvalue weighted by Gasteiger charge is -2.06. The number of fused-ring (bicyclic) bond motifs is 1. The molecular formula is C16H8Cl2F3NO. The third kappa shape index (κ3) is 2.94. The maximum absolute atomic E-state index is 12.6. The molecule has 1 N–H and O–H groups in total. The van der Waals surface area contributed by atoms with Gasteiger partial charge >= 0.3 is 6.18 Å². The van der Waals surface area contributed by atoms with Crippen molar-refractivity contribution in [3.05, 3.63) is 63.1 Å². The summed E-state index contributed by atoms with van der Waals surface area (Å²) in [5.41, 5.74) is 1.01. The van der Waals surface area contributed by atoms with E-state index in [9.17, 15) is 18.0 Å². The van der Waals surface area contributed by atoms with E-state index in [1.54, 1.807) is 12.1 Å². The maximum atomic E-state index is 12.6. The first-order chi connectivity index (χ1) is 10.8. The minimum absolute atomic E-state index is 0.230. The van der Waals surface area contributed by atoms with Gasteiger partial charge in [0.05, 0.1) is 21.3 Å². The highest BCUT2D eigenvalue weighted by atomic mass is 35.5. The van der Waals surface area contributed by atoms with E-state index in [1.807, 2.05) is 0 Å². The summed E-state index contributed by atoms with van der Waals surface area (Å²) in [6.45, 7) is 0. The molecule has 1 heterocycles. The first-order valence-corrected chi connectivity index (χ1v) is 7.21. The molecule has 0 radical (unpaired) electrons. The summed E-state index contributed by atoms with van der Waals surface area (Å²) in [7, 11) is 0.